The molecule has 0 unspecified atom stereocenters. The van der Waals surface area contributed by atoms with Crippen molar-refractivity contribution in [3.63, 3.8) is 0 Å². The van der Waals surface area contributed by atoms with Crippen LogP contribution in [0.4, 0.5) is 39.5 Å². The average molecular weight is 607 g/mol. The van der Waals surface area contributed by atoms with E-state index < -0.39 is 45.6 Å². The third-order valence-corrected chi connectivity index (χ3v) is 6.97. The Bertz CT molecular complexity index is 1660. The van der Waals surface area contributed by atoms with Gasteiger partial charge in [-0.2, -0.15) is 13.2 Å². The van der Waals surface area contributed by atoms with Gasteiger partial charge in [0.1, 0.15) is 5.82 Å². The third-order valence-electron chi connectivity index (χ3n) is 6.33. The van der Waals surface area contributed by atoms with Crippen molar-refractivity contribution < 1.29 is 27.2 Å². The van der Waals surface area contributed by atoms with Crippen LogP contribution < -0.4 is 20.9 Å². The summed E-state index contributed by atoms with van der Waals surface area (Å²) >= 11 is 11.8. The number of alkyl halides is 3. The number of nitrogens with one attached hydrogen (secondary N) is 3. The van der Waals surface area contributed by atoms with E-state index in [1.54, 1.807) is 12.3 Å². The van der Waals surface area contributed by atoms with Gasteiger partial charge in [-0.1, -0.05) is 23.2 Å². The molecule has 0 atom stereocenters. The predicted molar refractivity (Wildman–Crippen MR) is 149 cm³/mol. The van der Waals surface area contributed by atoms with Gasteiger partial charge in [0.25, 0.3) is 0 Å². The van der Waals surface area contributed by atoms with E-state index in [9.17, 15) is 22.8 Å². The van der Waals surface area contributed by atoms with Crippen LogP contribution in [0.2, 0.25) is 10.0 Å². The summed E-state index contributed by atoms with van der Waals surface area (Å²) in [4.78, 5) is 36.9. The molecule has 14 heteroatoms. The number of rotatable bonds is 5. The van der Waals surface area contributed by atoms with Crippen LogP contribution in [0.1, 0.15) is 21.5 Å². The summed E-state index contributed by atoms with van der Waals surface area (Å²) in [6, 6.07) is 8.60. The van der Waals surface area contributed by atoms with Crippen LogP contribution in [0.3, 0.4) is 0 Å². The van der Waals surface area contributed by atoms with E-state index in [2.05, 4.69) is 30.8 Å². The largest absolute Gasteiger partial charge is 0.417 e. The Labute approximate surface area is 240 Å². The number of benzene rings is 3. The van der Waals surface area contributed by atoms with Gasteiger partial charge in [-0.3, -0.25) is 9.78 Å². The first kappa shape index (κ1) is 28.5. The number of urea groups is 1. The number of hydrogen-bond acceptors (Lipinski definition) is 6. The van der Waals surface area contributed by atoms with Crippen LogP contribution in [0, 0.1) is 5.82 Å². The lowest BCUT2D eigenvalue weighted by atomic mass is 10.0. The minimum atomic E-state index is -4.75. The first-order chi connectivity index (χ1) is 19.5. The number of piperazine rings is 1. The molecule has 3 aromatic carbocycles. The lowest BCUT2D eigenvalue weighted by Gasteiger charge is -2.28. The van der Waals surface area contributed by atoms with E-state index in [4.69, 9.17) is 23.2 Å². The maximum atomic E-state index is 15.5. The quantitative estimate of drug-likeness (QED) is 0.180. The zero-order valence-electron chi connectivity index (χ0n) is 21.0. The van der Waals surface area contributed by atoms with Crippen LogP contribution >= 0.6 is 23.2 Å². The second-order valence-corrected chi connectivity index (χ2v) is 9.87. The summed E-state index contributed by atoms with van der Waals surface area (Å²) in [6.07, 6.45) is -3.09. The summed E-state index contributed by atoms with van der Waals surface area (Å²) in [5.41, 5.74) is -1.24. The predicted octanol–water partition coefficient (Wildman–Crippen LogP) is 6.38. The number of carbonyl (C=O) groups excluding carboxylic acids is 2. The Balaban J connectivity index is 1.38. The van der Waals surface area contributed by atoms with E-state index in [1.165, 1.54) is 18.2 Å². The molecule has 4 aromatic rings. The highest BCUT2D eigenvalue weighted by Crippen LogP contribution is 2.36. The first-order valence-electron chi connectivity index (χ1n) is 12.2. The maximum Gasteiger partial charge on any atom is 0.417 e. The molecule has 0 aliphatic carbocycles. The summed E-state index contributed by atoms with van der Waals surface area (Å²) in [7, 11) is 0. The van der Waals surface area contributed by atoms with Gasteiger partial charge in [0, 0.05) is 37.4 Å². The molecule has 8 nitrogen and oxygen atoms in total. The standard InChI is InChI=1S/C27H20Cl2F4N6O2/c28-17-3-2-15(12-16(17)27(31,32)33)36-26(41)38-20-6-4-18(29)23(24(20)30)25(40)14-1-5-19-21(11-14)37-22(13-35-19)39-9-7-34-8-10-39/h1-6,11-13,34H,7-10H2,(H2,36,38,41). The highest BCUT2D eigenvalue weighted by atomic mass is 35.5. The Morgan fingerprint density at radius 2 is 1.66 bits per heavy atom. The molecule has 3 N–H and O–H groups in total. The number of halogens is 6. The molecule has 212 valence electrons. The average Bonchev–Trinajstić information content (AvgIpc) is 2.95. The van der Waals surface area contributed by atoms with Gasteiger partial charge >= 0.3 is 12.2 Å². The van der Waals surface area contributed by atoms with Gasteiger partial charge in [-0.25, -0.2) is 14.2 Å². The second kappa shape index (κ2) is 11.5. The fraction of sp³-hybridized carbons (Fsp3) is 0.185. The van der Waals surface area contributed by atoms with Crippen molar-refractivity contribution in [2.45, 2.75) is 6.18 Å². The highest BCUT2D eigenvalue weighted by Gasteiger charge is 2.33. The van der Waals surface area contributed by atoms with Crippen molar-refractivity contribution in [2.75, 3.05) is 41.7 Å². The van der Waals surface area contributed by atoms with Gasteiger partial charge in [-0.05, 0) is 48.5 Å². The molecule has 41 heavy (non-hydrogen) atoms. The van der Waals surface area contributed by atoms with E-state index in [0.717, 1.165) is 44.4 Å². The SMILES string of the molecule is O=C(Nc1ccc(Cl)c(C(F)(F)F)c1)Nc1ccc(Cl)c(C(=O)c2ccc3ncc(N4CCNCC4)nc3c2)c1F. The van der Waals surface area contributed by atoms with Crippen molar-refractivity contribution in [2.24, 2.45) is 0 Å². The van der Waals surface area contributed by atoms with Crippen LogP contribution in [-0.2, 0) is 6.18 Å². The van der Waals surface area contributed by atoms with Crippen LogP contribution in [-0.4, -0.2) is 48.0 Å². The lowest BCUT2D eigenvalue weighted by molar-refractivity contribution is -0.137. The van der Waals surface area contributed by atoms with Crippen LogP contribution in [0.5, 0.6) is 0 Å². The third kappa shape index (κ3) is 6.19. The fourth-order valence-corrected chi connectivity index (χ4v) is 4.75. The molecular weight excluding hydrogens is 587 g/mol. The maximum absolute atomic E-state index is 15.5. The summed E-state index contributed by atoms with van der Waals surface area (Å²) in [6.45, 7) is 3.09. The second-order valence-electron chi connectivity index (χ2n) is 9.05. The molecule has 0 saturated carbocycles. The number of nitrogens with zero attached hydrogens (tertiary/aromatic N) is 3. The van der Waals surface area contributed by atoms with Gasteiger partial charge in [0.05, 0.1) is 44.1 Å². The van der Waals surface area contributed by atoms with E-state index in [-0.39, 0.29) is 16.3 Å². The van der Waals surface area contributed by atoms with Gasteiger partial charge in [0.15, 0.2) is 11.6 Å². The van der Waals surface area contributed by atoms with E-state index in [0.29, 0.717) is 22.9 Å². The monoisotopic (exact) mass is 606 g/mol. The number of hydrogen-bond donors (Lipinski definition) is 3. The Morgan fingerprint density at radius 3 is 2.39 bits per heavy atom. The minimum Gasteiger partial charge on any atom is -0.353 e. The van der Waals surface area contributed by atoms with Crippen molar-refractivity contribution in [1.29, 1.82) is 0 Å². The minimum absolute atomic E-state index is 0.0903. The van der Waals surface area contributed by atoms with E-state index in [1.807, 2.05) is 0 Å². The molecule has 2 amide bonds. The van der Waals surface area contributed by atoms with Crippen molar-refractivity contribution in [3.05, 3.63) is 87.3 Å². The molecule has 1 aromatic heterocycles. The van der Waals surface area contributed by atoms with Crippen LogP contribution in [0.15, 0.2) is 54.7 Å². The fourth-order valence-electron chi connectivity index (χ4n) is 4.30. The van der Waals surface area contributed by atoms with Crippen molar-refractivity contribution in [3.8, 4) is 0 Å². The van der Waals surface area contributed by atoms with E-state index >= 15 is 4.39 Å². The number of amides is 2. The molecule has 1 fully saturated rings. The molecule has 0 bridgehead atoms. The number of aromatic nitrogens is 2. The first-order valence-corrected chi connectivity index (χ1v) is 13.0. The summed E-state index contributed by atoms with van der Waals surface area (Å²) < 4.78 is 54.9. The number of ketones is 1. The molecule has 0 spiro atoms. The molecule has 0 radical (unpaired) electrons. The van der Waals surface area contributed by atoms with Crippen molar-refractivity contribution >= 4 is 63.2 Å². The smallest absolute Gasteiger partial charge is 0.353 e. The molecule has 1 aliphatic heterocycles. The normalized spacial score (nSPS) is 13.8. The highest BCUT2D eigenvalue weighted by molar-refractivity contribution is 6.35. The van der Waals surface area contributed by atoms with Gasteiger partial charge < -0.3 is 20.9 Å². The Hall–Kier alpha value is -4.00. The van der Waals surface area contributed by atoms with Gasteiger partial charge in [-0.15, -0.1) is 0 Å². The zero-order chi connectivity index (χ0) is 29.3. The van der Waals surface area contributed by atoms with Crippen molar-refractivity contribution in [1.82, 2.24) is 15.3 Å². The number of anilines is 3. The molecular formula is C27H20Cl2F4N6O2. The Morgan fingerprint density at radius 1 is 0.927 bits per heavy atom. The van der Waals surface area contributed by atoms with Gasteiger partial charge in [0.2, 0.25) is 0 Å². The Kier molecular flexibility index (Phi) is 7.98. The zero-order valence-corrected chi connectivity index (χ0v) is 22.5. The van der Waals surface area contributed by atoms with Crippen LogP contribution in [0.25, 0.3) is 11.0 Å². The topological polar surface area (TPSA) is 99.2 Å². The molecule has 5 rings (SSSR count). The molecule has 1 saturated heterocycles. The summed E-state index contributed by atoms with van der Waals surface area (Å²) in [5, 5.41) is 6.89. The summed E-state index contributed by atoms with van der Waals surface area (Å²) in [5.74, 6) is -1.24. The molecule has 2 heterocycles. The number of fused-ring (bicyclic) bond motifs is 1. The number of carbonyl (C=O) groups is 2. The lowest BCUT2D eigenvalue weighted by Crippen LogP contribution is -2.43. The molecule has 1 aliphatic rings.